The van der Waals surface area contributed by atoms with E-state index in [0.29, 0.717) is 28.6 Å². The van der Waals surface area contributed by atoms with Crippen LogP contribution in [0.15, 0.2) is 36.5 Å². The van der Waals surface area contributed by atoms with Crippen molar-refractivity contribution in [3.05, 3.63) is 59.3 Å². The van der Waals surface area contributed by atoms with Gasteiger partial charge >= 0.3 is 0 Å². The van der Waals surface area contributed by atoms with E-state index >= 15 is 0 Å². The zero-order chi connectivity index (χ0) is 24.3. The number of halogens is 2. The molecule has 2 amide bonds. The van der Waals surface area contributed by atoms with Crippen LogP contribution in [0.1, 0.15) is 37.3 Å². The SMILES string of the molecule is C[C@]12CCC(=O)Nc3nc(-c4nn(Cc5ccccc5F)c5ncc(F)cc45)nc(c31)NC(=O)C2. The number of carbonyl (C=O) groups excluding carboxylic acids is 2. The van der Waals surface area contributed by atoms with Crippen LogP contribution in [0, 0.1) is 11.6 Å². The number of aromatic nitrogens is 5. The normalized spacial score (nSPS) is 19.2. The van der Waals surface area contributed by atoms with E-state index in [2.05, 4.69) is 30.7 Å². The van der Waals surface area contributed by atoms with Gasteiger partial charge in [0.15, 0.2) is 11.5 Å². The second-order valence-corrected chi connectivity index (χ2v) is 9.08. The minimum atomic E-state index is -0.607. The van der Waals surface area contributed by atoms with Crippen LogP contribution >= 0.6 is 0 Å². The minimum absolute atomic E-state index is 0.0468. The monoisotopic (exact) mass is 475 g/mol. The fourth-order valence-corrected chi connectivity index (χ4v) is 4.83. The summed E-state index contributed by atoms with van der Waals surface area (Å²) < 4.78 is 30.0. The zero-order valence-corrected chi connectivity index (χ0v) is 18.6. The molecule has 0 saturated heterocycles. The van der Waals surface area contributed by atoms with Gasteiger partial charge in [0.25, 0.3) is 0 Å². The van der Waals surface area contributed by atoms with Crippen molar-refractivity contribution in [2.24, 2.45) is 0 Å². The van der Waals surface area contributed by atoms with E-state index in [9.17, 15) is 18.4 Å². The maximum atomic E-state index is 14.3. The molecule has 0 unspecified atom stereocenters. The Morgan fingerprint density at radius 2 is 1.83 bits per heavy atom. The number of hydrogen-bond acceptors (Lipinski definition) is 6. The highest BCUT2D eigenvalue weighted by atomic mass is 19.1. The third-order valence-corrected chi connectivity index (χ3v) is 6.53. The Balaban J connectivity index is 1.56. The fourth-order valence-electron chi connectivity index (χ4n) is 4.83. The van der Waals surface area contributed by atoms with Gasteiger partial charge < -0.3 is 10.6 Å². The van der Waals surface area contributed by atoms with Crippen LogP contribution in [-0.4, -0.2) is 36.5 Å². The first-order valence-electron chi connectivity index (χ1n) is 11.1. The molecule has 0 bridgehead atoms. The van der Waals surface area contributed by atoms with Gasteiger partial charge in [-0.2, -0.15) is 5.10 Å². The lowest BCUT2D eigenvalue weighted by molar-refractivity contribution is -0.119. The minimum Gasteiger partial charge on any atom is -0.310 e. The van der Waals surface area contributed by atoms with Gasteiger partial charge in [0.1, 0.15) is 29.0 Å². The van der Waals surface area contributed by atoms with E-state index in [-0.39, 0.29) is 54.4 Å². The number of rotatable bonds is 3. The van der Waals surface area contributed by atoms with Gasteiger partial charge in [0, 0.05) is 29.4 Å². The molecule has 1 aromatic carbocycles. The summed E-state index contributed by atoms with van der Waals surface area (Å²) in [7, 11) is 0. The topological polar surface area (TPSA) is 115 Å². The summed E-state index contributed by atoms with van der Waals surface area (Å²) in [6, 6.07) is 7.52. The van der Waals surface area contributed by atoms with Gasteiger partial charge in [-0.1, -0.05) is 25.1 Å². The van der Waals surface area contributed by atoms with Gasteiger partial charge in [-0.05, 0) is 18.6 Å². The molecule has 9 nitrogen and oxygen atoms in total. The molecule has 2 aliphatic rings. The van der Waals surface area contributed by atoms with Crippen LogP contribution in [0.2, 0.25) is 0 Å². The zero-order valence-electron chi connectivity index (χ0n) is 18.6. The first kappa shape index (κ1) is 21.3. The molecule has 11 heteroatoms. The molecule has 1 atom stereocenters. The highest BCUT2D eigenvalue weighted by molar-refractivity contribution is 6.00. The Kier molecular flexibility index (Phi) is 4.63. The van der Waals surface area contributed by atoms with Crippen molar-refractivity contribution >= 4 is 34.5 Å². The van der Waals surface area contributed by atoms with Crippen molar-refractivity contribution in [2.45, 2.75) is 38.1 Å². The molecular formula is C24H19F2N7O2. The summed E-state index contributed by atoms with van der Waals surface area (Å²) in [4.78, 5) is 38.2. The molecule has 6 rings (SSSR count). The highest BCUT2D eigenvalue weighted by Crippen LogP contribution is 2.46. The van der Waals surface area contributed by atoms with Crippen molar-refractivity contribution in [2.75, 3.05) is 10.6 Å². The van der Waals surface area contributed by atoms with Crippen LogP contribution in [0.25, 0.3) is 22.6 Å². The van der Waals surface area contributed by atoms with Gasteiger partial charge in [-0.3, -0.25) is 9.59 Å². The smallest absolute Gasteiger partial charge is 0.226 e. The third kappa shape index (κ3) is 3.50. The summed E-state index contributed by atoms with van der Waals surface area (Å²) in [6.07, 6.45) is 1.98. The number of pyridine rings is 1. The number of hydrogen-bond donors (Lipinski definition) is 2. The standard InChI is InChI=1S/C24H19F2N7O2/c1-24-7-6-16(34)28-20-18(24)21(29-17(35)9-24)31-22(30-20)19-14-8-13(25)10-27-23(14)33(32-19)11-12-4-2-3-5-15(12)26/h2-5,8,10H,6-7,9,11H2,1H3,(H2,28,29,30,31,34,35)/t24-/m1/s1. The summed E-state index contributed by atoms with van der Waals surface area (Å²) in [5, 5.41) is 10.5. The fraction of sp³-hybridized carbons (Fsp3) is 0.250. The molecule has 0 aliphatic carbocycles. The number of nitrogens with zero attached hydrogens (tertiary/aromatic N) is 5. The number of benzene rings is 1. The molecule has 4 aromatic rings. The third-order valence-electron chi connectivity index (χ3n) is 6.53. The Bertz CT molecular complexity index is 1550. The summed E-state index contributed by atoms with van der Waals surface area (Å²) in [5.41, 5.74) is 0.941. The number of amides is 2. The molecule has 176 valence electrons. The van der Waals surface area contributed by atoms with Crippen molar-refractivity contribution in [1.82, 2.24) is 24.7 Å². The lowest BCUT2D eigenvalue weighted by Gasteiger charge is -2.34. The molecule has 3 aromatic heterocycles. The Morgan fingerprint density at radius 3 is 2.60 bits per heavy atom. The summed E-state index contributed by atoms with van der Waals surface area (Å²) >= 11 is 0. The summed E-state index contributed by atoms with van der Waals surface area (Å²) in [6.45, 7) is 1.96. The van der Waals surface area contributed by atoms with E-state index in [1.165, 1.54) is 16.8 Å². The van der Waals surface area contributed by atoms with Crippen molar-refractivity contribution < 1.29 is 18.4 Å². The van der Waals surface area contributed by atoms with E-state index in [1.807, 2.05) is 6.92 Å². The molecule has 5 heterocycles. The highest BCUT2D eigenvalue weighted by Gasteiger charge is 2.42. The summed E-state index contributed by atoms with van der Waals surface area (Å²) in [5.74, 6) is -0.779. The number of carbonyl (C=O) groups is 2. The molecule has 0 saturated carbocycles. The van der Waals surface area contributed by atoms with Gasteiger partial charge in [0.2, 0.25) is 11.8 Å². The lowest BCUT2D eigenvalue weighted by atomic mass is 9.74. The molecule has 2 N–H and O–H groups in total. The van der Waals surface area contributed by atoms with Crippen LogP contribution in [0.3, 0.4) is 0 Å². The largest absolute Gasteiger partial charge is 0.310 e. The second-order valence-electron chi connectivity index (χ2n) is 9.08. The lowest BCUT2D eigenvalue weighted by Crippen LogP contribution is -2.35. The molecule has 35 heavy (non-hydrogen) atoms. The van der Waals surface area contributed by atoms with Gasteiger partial charge in [-0.15, -0.1) is 0 Å². The first-order valence-corrected chi connectivity index (χ1v) is 11.1. The van der Waals surface area contributed by atoms with Gasteiger partial charge in [-0.25, -0.2) is 28.4 Å². The van der Waals surface area contributed by atoms with Gasteiger partial charge in [0.05, 0.1) is 18.1 Å². The van der Waals surface area contributed by atoms with Crippen molar-refractivity contribution in [3.8, 4) is 11.5 Å². The first-order chi connectivity index (χ1) is 16.8. The second kappa shape index (κ2) is 7.62. The van der Waals surface area contributed by atoms with Crippen molar-refractivity contribution in [1.29, 1.82) is 0 Å². The molecule has 0 fully saturated rings. The Labute approximate surface area is 197 Å². The van der Waals surface area contributed by atoms with Crippen LogP contribution in [-0.2, 0) is 21.5 Å². The van der Waals surface area contributed by atoms with Crippen molar-refractivity contribution in [3.63, 3.8) is 0 Å². The number of fused-ring (bicyclic) bond motifs is 1. The molecule has 0 radical (unpaired) electrons. The predicted octanol–water partition coefficient (Wildman–Crippen LogP) is 3.55. The number of nitrogens with one attached hydrogen (secondary N) is 2. The average Bonchev–Trinajstić information content (AvgIpc) is 3.09. The number of anilines is 2. The van der Waals surface area contributed by atoms with Crippen LogP contribution < -0.4 is 10.6 Å². The quantitative estimate of drug-likeness (QED) is 0.468. The molecular weight excluding hydrogens is 456 g/mol. The van der Waals surface area contributed by atoms with E-state index in [0.717, 1.165) is 6.20 Å². The predicted molar refractivity (Wildman–Crippen MR) is 122 cm³/mol. The Morgan fingerprint density at radius 1 is 1.09 bits per heavy atom. The maximum absolute atomic E-state index is 14.3. The Hall–Kier alpha value is -4.28. The molecule has 2 aliphatic heterocycles. The molecule has 0 spiro atoms. The van der Waals surface area contributed by atoms with Crippen LogP contribution in [0.4, 0.5) is 20.4 Å². The maximum Gasteiger partial charge on any atom is 0.226 e. The van der Waals surface area contributed by atoms with E-state index in [1.54, 1.807) is 18.2 Å². The van der Waals surface area contributed by atoms with E-state index in [4.69, 9.17) is 0 Å². The average molecular weight is 475 g/mol. The van der Waals surface area contributed by atoms with E-state index < -0.39 is 17.0 Å². The van der Waals surface area contributed by atoms with Crippen LogP contribution in [0.5, 0.6) is 0 Å².